The van der Waals surface area contributed by atoms with Crippen LogP contribution in [0.25, 0.3) is 22.2 Å². The molecule has 1 aromatic heterocycles. The van der Waals surface area contributed by atoms with E-state index in [-0.39, 0.29) is 0 Å². The lowest BCUT2D eigenvalue weighted by atomic mass is 10.1. The van der Waals surface area contributed by atoms with Crippen molar-refractivity contribution in [1.29, 1.82) is 0 Å². The van der Waals surface area contributed by atoms with Gasteiger partial charge in [0.1, 0.15) is 0 Å². The second-order valence-electron chi connectivity index (χ2n) is 4.37. The van der Waals surface area contributed by atoms with Gasteiger partial charge in [0.25, 0.3) is 0 Å². The SMILES string of the molecule is Cc1cccc(-c2ccc3c(Br)cccc3n2)c1. The highest BCUT2D eigenvalue weighted by atomic mass is 79.9. The fourth-order valence-electron chi connectivity index (χ4n) is 2.08. The zero-order chi connectivity index (χ0) is 12.5. The third kappa shape index (κ3) is 2.04. The van der Waals surface area contributed by atoms with E-state index in [0.717, 1.165) is 26.6 Å². The van der Waals surface area contributed by atoms with E-state index in [1.165, 1.54) is 5.56 Å². The minimum atomic E-state index is 1.02. The number of pyridine rings is 1. The van der Waals surface area contributed by atoms with Gasteiger partial charge in [-0.2, -0.15) is 0 Å². The largest absolute Gasteiger partial charge is 0.248 e. The van der Waals surface area contributed by atoms with Crippen molar-refractivity contribution in [1.82, 2.24) is 4.98 Å². The monoisotopic (exact) mass is 297 g/mol. The molecule has 3 rings (SSSR count). The van der Waals surface area contributed by atoms with E-state index in [0.29, 0.717) is 0 Å². The summed E-state index contributed by atoms with van der Waals surface area (Å²) in [5.41, 5.74) is 4.45. The summed E-state index contributed by atoms with van der Waals surface area (Å²) in [5.74, 6) is 0. The Hall–Kier alpha value is -1.67. The summed E-state index contributed by atoms with van der Waals surface area (Å²) in [6.45, 7) is 2.10. The first-order valence-corrected chi connectivity index (χ1v) is 6.66. The second-order valence-corrected chi connectivity index (χ2v) is 5.23. The van der Waals surface area contributed by atoms with Crippen LogP contribution < -0.4 is 0 Å². The van der Waals surface area contributed by atoms with Crippen molar-refractivity contribution in [3.63, 3.8) is 0 Å². The molecule has 1 nitrogen and oxygen atoms in total. The van der Waals surface area contributed by atoms with E-state index < -0.39 is 0 Å². The molecule has 18 heavy (non-hydrogen) atoms. The van der Waals surface area contributed by atoms with Gasteiger partial charge in [-0.15, -0.1) is 0 Å². The van der Waals surface area contributed by atoms with Crippen LogP contribution in [-0.4, -0.2) is 4.98 Å². The zero-order valence-electron chi connectivity index (χ0n) is 10.0. The maximum Gasteiger partial charge on any atom is 0.0720 e. The number of hydrogen-bond acceptors (Lipinski definition) is 1. The van der Waals surface area contributed by atoms with Gasteiger partial charge in [-0.1, -0.05) is 45.8 Å². The van der Waals surface area contributed by atoms with E-state index in [1.54, 1.807) is 0 Å². The molecule has 0 amide bonds. The molecule has 0 aliphatic rings. The van der Waals surface area contributed by atoms with E-state index in [2.05, 4.69) is 59.3 Å². The molecule has 0 aliphatic heterocycles. The van der Waals surface area contributed by atoms with E-state index >= 15 is 0 Å². The average Bonchev–Trinajstić information content (AvgIpc) is 2.39. The Bertz CT molecular complexity index is 719. The van der Waals surface area contributed by atoms with Crippen LogP contribution in [0.5, 0.6) is 0 Å². The Kier molecular flexibility index (Phi) is 2.88. The fraction of sp³-hybridized carbons (Fsp3) is 0.0625. The third-order valence-electron chi connectivity index (χ3n) is 2.99. The van der Waals surface area contributed by atoms with Gasteiger partial charge in [0.15, 0.2) is 0 Å². The molecular weight excluding hydrogens is 286 g/mol. The molecule has 0 aliphatic carbocycles. The van der Waals surface area contributed by atoms with Crippen molar-refractivity contribution in [2.75, 3.05) is 0 Å². The van der Waals surface area contributed by atoms with Gasteiger partial charge in [0.2, 0.25) is 0 Å². The molecule has 2 heteroatoms. The first-order valence-electron chi connectivity index (χ1n) is 5.86. The Morgan fingerprint density at radius 2 is 1.78 bits per heavy atom. The van der Waals surface area contributed by atoms with Gasteiger partial charge >= 0.3 is 0 Å². The first kappa shape index (κ1) is 11.4. The van der Waals surface area contributed by atoms with Crippen LogP contribution in [0.4, 0.5) is 0 Å². The lowest BCUT2D eigenvalue weighted by Gasteiger charge is -2.05. The molecule has 0 fully saturated rings. The Balaban J connectivity index is 2.20. The van der Waals surface area contributed by atoms with Crippen molar-refractivity contribution in [3.8, 4) is 11.3 Å². The van der Waals surface area contributed by atoms with Crippen LogP contribution in [0.2, 0.25) is 0 Å². The molecule has 2 aromatic carbocycles. The summed E-state index contributed by atoms with van der Waals surface area (Å²) in [4.78, 5) is 4.72. The number of halogens is 1. The Morgan fingerprint density at radius 1 is 0.944 bits per heavy atom. The highest BCUT2D eigenvalue weighted by Gasteiger charge is 2.03. The minimum absolute atomic E-state index is 1.02. The fourth-order valence-corrected chi connectivity index (χ4v) is 2.57. The number of benzene rings is 2. The van der Waals surface area contributed by atoms with Crippen LogP contribution in [-0.2, 0) is 0 Å². The summed E-state index contributed by atoms with van der Waals surface area (Å²) in [7, 11) is 0. The average molecular weight is 298 g/mol. The Morgan fingerprint density at radius 3 is 2.61 bits per heavy atom. The van der Waals surface area contributed by atoms with Crippen molar-refractivity contribution in [2.24, 2.45) is 0 Å². The number of fused-ring (bicyclic) bond motifs is 1. The predicted octanol–water partition coefficient (Wildman–Crippen LogP) is 4.97. The summed E-state index contributed by atoms with van der Waals surface area (Å²) in [6.07, 6.45) is 0. The molecule has 0 bridgehead atoms. The van der Waals surface area contributed by atoms with Gasteiger partial charge < -0.3 is 0 Å². The maximum atomic E-state index is 4.72. The van der Waals surface area contributed by atoms with Crippen LogP contribution in [0, 0.1) is 6.92 Å². The third-order valence-corrected chi connectivity index (χ3v) is 3.68. The molecule has 0 saturated heterocycles. The van der Waals surface area contributed by atoms with Crippen molar-refractivity contribution < 1.29 is 0 Å². The normalized spacial score (nSPS) is 10.8. The molecule has 0 radical (unpaired) electrons. The summed E-state index contributed by atoms with van der Waals surface area (Å²) < 4.78 is 1.09. The van der Waals surface area contributed by atoms with Gasteiger partial charge in [-0.25, -0.2) is 4.98 Å². The van der Waals surface area contributed by atoms with Gasteiger partial charge in [-0.05, 0) is 37.3 Å². The minimum Gasteiger partial charge on any atom is -0.248 e. The van der Waals surface area contributed by atoms with E-state index in [9.17, 15) is 0 Å². The van der Waals surface area contributed by atoms with Gasteiger partial charge in [-0.3, -0.25) is 0 Å². The zero-order valence-corrected chi connectivity index (χ0v) is 11.6. The molecule has 88 valence electrons. The van der Waals surface area contributed by atoms with Crippen LogP contribution in [0.1, 0.15) is 5.56 Å². The Labute approximate surface area is 115 Å². The summed E-state index contributed by atoms with van der Waals surface area (Å²) in [5, 5.41) is 1.15. The van der Waals surface area contributed by atoms with Crippen molar-refractivity contribution in [2.45, 2.75) is 6.92 Å². The lowest BCUT2D eigenvalue weighted by Crippen LogP contribution is -1.86. The highest BCUT2D eigenvalue weighted by molar-refractivity contribution is 9.10. The van der Waals surface area contributed by atoms with Crippen molar-refractivity contribution in [3.05, 3.63) is 64.6 Å². The molecular formula is C16H12BrN. The first-order chi connectivity index (χ1) is 8.74. The maximum absolute atomic E-state index is 4.72. The summed E-state index contributed by atoms with van der Waals surface area (Å²) in [6, 6.07) is 18.7. The number of aromatic nitrogens is 1. The van der Waals surface area contributed by atoms with Crippen LogP contribution in [0.3, 0.4) is 0 Å². The quantitative estimate of drug-likeness (QED) is 0.618. The lowest BCUT2D eigenvalue weighted by molar-refractivity contribution is 1.38. The number of nitrogens with zero attached hydrogens (tertiary/aromatic N) is 1. The number of aryl methyl sites for hydroxylation is 1. The molecule has 0 N–H and O–H groups in total. The van der Waals surface area contributed by atoms with Crippen LogP contribution >= 0.6 is 15.9 Å². The van der Waals surface area contributed by atoms with E-state index in [4.69, 9.17) is 4.98 Å². The van der Waals surface area contributed by atoms with Gasteiger partial charge in [0.05, 0.1) is 11.2 Å². The smallest absolute Gasteiger partial charge is 0.0720 e. The molecule has 0 atom stereocenters. The molecule has 0 unspecified atom stereocenters. The molecule has 0 spiro atoms. The van der Waals surface area contributed by atoms with Gasteiger partial charge in [0, 0.05) is 15.4 Å². The van der Waals surface area contributed by atoms with Crippen molar-refractivity contribution >= 4 is 26.8 Å². The van der Waals surface area contributed by atoms with E-state index in [1.807, 2.05) is 18.2 Å². The molecule has 3 aromatic rings. The number of rotatable bonds is 1. The highest BCUT2D eigenvalue weighted by Crippen LogP contribution is 2.26. The summed E-state index contributed by atoms with van der Waals surface area (Å²) >= 11 is 3.55. The number of hydrogen-bond donors (Lipinski definition) is 0. The molecule has 0 saturated carbocycles. The van der Waals surface area contributed by atoms with Crippen LogP contribution in [0.15, 0.2) is 59.1 Å². The molecule has 1 heterocycles. The topological polar surface area (TPSA) is 12.9 Å². The second kappa shape index (κ2) is 4.54. The standard InChI is InChI=1S/C16H12BrN/c1-11-4-2-5-12(10-11)15-9-8-13-14(17)6-3-7-16(13)18-15/h2-10H,1H3. The predicted molar refractivity (Wildman–Crippen MR) is 79.6 cm³/mol.